The minimum atomic E-state index is 0.678. The maximum absolute atomic E-state index is 4.44. The first kappa shape index (κ1) is 13.0. The Balaban J connectivity index is 1.86. The fourth-order valence-corrected chi connectivity index (χ4v) is 3.58. The average molecular weight is 253 g/mol. The largest absolute Gasteiger partial charge is 0.334 e. The van der Waals surface area contributed by atoms with E-state index < -0.39 is 0 Å². The van der Waals surface area contributed by atoms with Gasteiger partial charge in [0.15, 0.2) is 0 Å². The summed E-state index contributed by atoms with van der Waals surface area (Å²) in [5, 5.41) is 4.48. The molecule has 1 saturated carbocycles. The maximum atomic E-state index is 4.44. The van der Waals surface area contributed by atoms with E-state index in [1.807, 2.05) is 18.0 Å². The van der Waals surface area contributed by atoms with Crippen LogP contribution in [-0.2, 0) is 13.1 Å². The molecule has 1 fully saturated rings. The van der Waals surface area contributed by atoms with Gasteiger partial charge in [0.2, 0.25) is 0 Å². The second-order valence-corrected chi connectivity index (χ2v) is 5.81. The van der Waals surface area contributed by atoms with Crippen LogP contribution >= 0.6 is 11.8 Å². The third-order valence-electron chi connectivity index (χ3n) is 3.54. The summed E-state index contributed by atoms with van der Waals surface area (Å²) < 4.78 is 2.26. The smallest absolute Gasteiger partial charge is 0.122 e. The summed E-state index contributed by atoms with van der Waals surface area (Å²) in [5.74, 6) is 1.18. The minimum absolute atomic E-state index is 0.678. The van der Waals surface area contributed by atoms with Crippen LogP contribution < -0.4 is 5.32 Å². The number of imidazole rings is 1. The number of hydrogen-bond donors (Lipinski definition) is 1. The van der Waals surface area contributed by atoms with Crippen molar-refractivity contribution in [2.24, 2.45) is 0 Å². The van der Waals surface area contributed by atoms with Crippen LogP contribution in [0.1, 0.15) is 38.4 Å². The predicted octanol–water partition coefficient (Wildman–Crippen LogP) is 2.67. The van der Waals surface area contributed by atoms with Gasteiger partial charge in [-0.2, -0.15) is 11.8 Å². The standard InChI is InChI=1S/C13H23N3S/c1-3-8-16-9-7-14-13(16)10-15-11-5-4-6-12(11)17-2/h7,9,11-12,15H,3-6,8,10H2,1-2H3. The van der Waals surface area contributed by atoms with Gasteiger partial charge >= 0.3 is 0 Å². The number of aryl methyl sites for hydroxylation is 1. The molecule has 2 rings (SSSR count). The summed E-state index contributed by atoms with van der Waals surface area (Å²) in [6, 6.07) is 0.678. The lowest BCUT2D eigenvalue weighted by Gasteiger charge is -2.19. The molecule has 4 heteroatoms. The number of aromatic nitrogens is 2. The zero-order valence-electron chi connectivity index (χ0n) is 10.9. The molecule has 2 unspecified atom stereocenters. The Morgan fingerprint density at radius 1 is 1.53 bits per heavy atom. The lowest BCUT2D eigenvalue weighted by molar-refractivity contribution is 0.504. The van der Waals surface area contributed by atoms with Crippen molar-refractivity contribution in [1.82, 2.24) is 14.9 Å². The zero-order chi connectivity index (χ0) is 12.1. The highest BCUT2D eigenvalue weighted by Gasteiger charge is 2.25. The van der Waals surface area contributed by atoms with Gasteiger partial charge in [0.1, 0.15) is 5.82 Å². The number of nitrogens with one attached hydrogen (secondary N) is 1. The van der Waals surface area contributed by atoms with Gasteiger partial charge in [-0.25, -0.2) is 4.98 Å². The topological polar surface area (TPSA) is 29.9 Å². The number of nitrogens with zero attached hydrogens (tertiary/aromatic N) is 2. The van der Waals surface area contributed by atoms with Gasteiger partial charge in [-0.3, -0.25) is 0 Å². The SMILES string of the molecule is CCCn1ccnc1CNC1CCCC1SC. The maximum Gasteiger partial charge on any atom is 0.122 e. The third-order valence-corrected chi connectivity index (χ3v) is 4.71. The molecule has 0 amide bonds. The molecule has 1 aliphatic carbocycles. The van der Waals surface area contributed by atoms with Crippen LogP contribution in [0.3, 0.4) is 0 Å². The van der Waals surface area contributed by atoms with Gasteiger partial charge in [-0.05, 0) is 25.5 Å². The Morgan fingerprint density at radius 2 is 2.41 bits per heavy atom. The summed E-state index contributed by atoms with van der Waals surface area (Å²) in [4.78, 5) is 4.44. The first-order valence-electron chi connectivity index (χ1n) is 6.61. The molecular formula is C13H23N3S. The first-order valence-corrected chi connectivity index (χ1v) is 7.90. The molecule has 1 aromatic rings. The highest BCUT2D eigenvalue weighted by atomic mass is 32.2. The monoisotopic (exact) mass is 253 g/mol. The Bertz CT molecular complexity index is 337. The molecule has 0 bridgehead atoms. The molecule has 0 saturated heterocycles. The van der Waals surface area contributed by atoms with Crippen LogP contribution in [0.4, 0.5) is 0 Å². The van der Waals surface area contributed by atoms with Crippen LogP contribution in [0.25, 0.3) is 0 Å². The lowest BCUT2D eigenvalue weighted by Crippen LogP contribution is -2.34. The van der Waals surface area contributed by atoms with Crippen LogP contribution in [0.5, 0.6) is 0 Å². The van der Waals surface area contributed by atoms with E-state index in [2.05, 4.69) is 34.2 Å². The number of thioether (sulfide) groups is 1. The van der Waals surface area contributed by atoms with E-state index in [4.69, 9.17) is 0 Å². The van der Waals surface area contributed by atoms with E-state index in [1.54, 1.807) is 0 Å². The van der Waals surface area contributed by atoms with Crippen LogP contribution in [0.2, 0.25) is 0 Å². The second-order valence-electron chi connectivity index (χ2n) is 4.73. The Hall–Kier alpha value is -0.480. The predicted molar refractivity (Wildman–Crippen MR) is 74.3 cm³/mol. The van der Waals surface area contributed by atoms with Gasteiger partial charge in [0.05, 0.1) is 6.54 Å². The Labute approximate surface area is 108 Å². The number of hydrogen-bond acceptors (Lipinski definition) is 3. The second kappa shape index (κ2) is 6.45. The fraction of sp³-hybridized carbons (Fsp3) is 0.769. The molecular weight excluding hydrogens is 230 g/mol. The summed E-state index contributed by atoms with van der Waals surface area (Å²) in [5.41, 5.74) is 0. The van der Waals surface area contributed by atoms with Gasteiger partial charge in [-0.15, -0.1) is 0 Å². The summed E-state index contributed by atoms with van der Waals surface area (Å²) in [7, 11) is 0. The molecule has 2 atom stereocenters. The highest BCUT2D eigenvalue weighted by Crippen LogP contribution is 2.28. The molecule has 1 aliphatic rings. The van der Waals surface area contributed by atoms with Gasteiger partial charge < -0.3 is 9.88 Å². The fourth-order valence-electron chi connectivity index (χ4n) is 2.62. The van der Waals surface area contributed by atoms with E-state index in [0.717, 1.165) is 18.3 Å². The van der Waals surface area contributed by atoms with Crippen molar-refractivity contribution in [3.05, 3.63) is 18.2 Å². The molecule has 1 aromatic heterocycles. The molecule has 0 spiro atoms. The quantitative estimate of drug-likeness (QED) is 0.845. The third kappa shape index (κ3) is 3.26. The Kier molecular flexibility index (Phi) is 4.92. The van der Waals surface area contributed by atoms with Crippen molar-refractivity contribution in [3.8, 4) is 0 Å². The van der Waals surface area contributed by atoms with Gasteiger partial charge in [0, 0.05) is 30.2 Å². The molecule has 0 aliphatic heterocycles. The van der Waals surface area contributed by atoms with Crippen molar-refractivity contribution in [3.63, 3.8) is 0 Å². The first-order chi connectivity index (χ1) is 8.35. The minimum Gasteiger partial charge on any atom is -0.334 e. The van der Waals surface area contributed by atoms with Crippen LogP contribution in [0, 0.1) is 0 Å². The van der Waals surface area contributed by atoms with E-state index in [1.165, 1.54) is 31.5 Å². The van der Waals surface area contributed by atoms with E-state index in [0.29, 0.717) is 6.04 Å². The summed E-state index contributed by atoms with van der Waals surface area (Å²) >= 11 is 2.00. The molecule has 0 aromatic carbocycles. The van der Waals surface area contributed by atoms with Gasteiger partial charge in [0.25, 0.3) is 0 Å². The normalized spacial score (nSPS) is 24.4. The molecule has 17 heavy (non-hydrogen) atoms. The highest BCUT2D eigenvalue weighted by molar-refractivity contribution is 7.99. The summed E-state index contributed by atoms with van der Waals surface area (Å²) in [6.07, 6.45) is 11.4. The van der Waals surface area contributed by atoms with E-state index in [9.17, 15) is 0 Å². The van der Waals surface area contributed by atoms with E-state index >= 15 is 0 Å². The molecule has 1 N–H and O–H groups in total. The molecule has 96 valence electrons. The van der Waals surface area contributed by atoms with Crippen LogP contribution in [-0.4, -0.2) is 27.1 Å². The molecule has 0 radical (unpaired) electrons. The Morgan fingerprint density at radius 3 is 3.18 bits per heavy atom. The molecule has 3 nitrogen and oxygen atoms in total. The van der Waals surface area contributed by atoms with Crippen molar-refractivity contribution >= 4 is 11.8 Å². The summed E-state index contributed by atoms with van der Waals surface area (Å²) in [6.45, 7) is 4.19. The van der Waals surface area contributed by atoms with E-state index in [-0.39, 0.29) is 0 Å². The average Bonchev–Trinajstić information content (AvgIpc) is 2.95. The lowest BCUT2D eigenvalue weighted by atomic mass is 10.2. The van der Waals surface area contributed by atoms with Crippen molar-refractivity contribution < 1.29 is 0 Å². The van der Waals surface area contributed by atoms with Crippen LogP contribution in [0.15, 0.2) is 12.4 Å². The van der Waals surface area contributed by atoms with Crippen molar-refractivity contribution in [1.29, 1.82) is 0 Å². The number of rotatable bonds is 6. The van der Waals surface area contributed by atoms with Gasteiger partial charge in [-0.1, -0.05) is 13.3 Å². The van der Waals surface area contributed by atoms with Crippen molar-refractivity contribution in [2.75, 3.05) is 6.26 Å². The zero-order valence-corrected chi connectivity index (χ0v) is 11.7. The molecule has 1 heterocycles. The van der Waals surface area contributed by atoms with Crippen molar-refractivity contribution in [2.45, 2.75) is 57.0 Å².